The van der Waals surface area contributed by atoms with E-state index in [4.69, 9.17) is 5.73 Å². The molecule has 0 aromatic heterocycles. The molecule has 0 aliphatic heterocycles. The highest BCUT2D eigenvalue weighted by molar-refractivity contribution is 7.92. The first-order valence-electron chi connectivity index (χ1n) is 4.20. The molecule has 0 aliphatic rings. The van der Waals surface area contributed by atoms with Crippen molar-refractivity contribution in [1.82, 2.24) is 0 Å². The van der Waals surface area contributed by atoms with E-state index in [9.17, 15) is 17.2 Å². The zero-order chi connectivity index (χ0) is 11.7. The molecule has 0 saturated carbocycles. The first kappa shape index (κ1) is 15.3. The van der Waals surface area contributed by atoms with Crippen LogP contribution >= 0.6 is 12.4 Å². The summed E-state index contributed by atoms with van der Waals surface area (Å²) in [5.74, 6) is 0. The van der Waals surface area contributed by atoms with E-state index in [0.717, 1.165) is 17.7 Å². The maximum Gasteiger partial charge on any atom is 0.361 e. The molecule has 0 atom stereocenters. The summed E-state index contributed by atoms with van der Waals surface area (Å²) in [5, 5.41) is -3.91. The fourth-order valence-corrected chi connectivity index (χ4v) is 2.06. The normalized spacial score (nSPS) is 12.0. The van der Waals surface area contributed by atoms with Crippen molar-refractivity contribution in [2.75, 3.05) is 6.54 Å². The molecule has 0 aliphatic carbocycles. The van der Waals surface area contributed by atoms with Gasteiger partial charge in [-0.2, -0.15) is 8.78 Å². The smallest absolute Gasteiger partial charge is 0.324 e. The number of benzene rings is 1. The van der Waals surface area contributed by atoms with Gasteiger partial charge in [0.1, 0.15) is 0 Å². The van der Waals surface area contributed by atoms with E-state index in [1.165, 1.54) is 12.1 Å². The van der Waals surface area contributed by atoms with Gasteiger partial charge < -0.3 is 5.73 Å². The molecule has 2 N–H and O–H groups in total. The van der Waals surface area contributed by atoms with Crippen LogP contribution in [-0.2, 0) is 9.84 Å². The van der Waals surface area contributed by atoms with Crippen LogP contribution in [0, 0.1) is 6.92 Å². The van der Waals surface area contributed by atoms with E-state index in [-0.39, 0.29) is 12.4 Å². The van der Waals surface area contributed by atoms with Gasteiger partial charge in [-0.1, -0.05) is 17.7 Å². The van der Waals surface area contributed by atoms with Crippen LogP contribution in [0.2, 0.25) is 0 Å². The van der Waals surface area contributed by atoms with Crippen molar-refractivity contribution in [3.8, 4) is 0 Å². The Kier molecular flexibility index (Phi) is 4.85. The maximum atomic E-state index is 13.0. The predicted octanol–water partition coefficient (Wildman–Crippen LogP) is 1.74. The van der Waals surface area contributed by atoms with E-state index < -0.39 is 26.5 Å². The Morgan fingerprint density at radius 1 is 1.25 bits per heavy atom. The zero-order valence-electron chi connectivity index (χ0n) is 8.48. The number of halogens is 3. The maximum absolute atomic E-state index is 13.0. The van der Waals surface area contributed by atoms with Crippen LogP contribution in [0.25, 0.3) is 0 Å². The van der Waals surface area contributed by atoms with Gasteiger partial charge in [-0.3, -0.25) is 0 Å². The predicted molar refractivity (Wildman–Crippen MR) is 59.6 cm³/mol. The van der Waals surface area contributed by atoms with Gasteiger partial charge in [-0.25, -0.2) is 8.42 Å². The Morgan fingerprint density at radius 2 is 1.69 bits per heavy atom. The van der Waals surface area contributed by atoms with Gasteiger partial charge in [0, 0.05) is 0 Å². The van der Waals surface area contributed by atoms with Crippen molar-refractivity contribution in [2.45, 2.75) is 17.1 Å². The summed E-state index contributed by atoms with van der Waals surface area (Å²) in [6.07, 6.45) is 0. The van der Waals surface area contributed by atoms with Crippen molar-refractivity contribution >= 4 is 22.2 Å². The molecule has 7 heteroatoms. The molecule has 0 heterocycles. The van der Waals surface area contributed by atoms with Crippen molar-refractivity contribution in [3.63, 3.8) is 0 Å². The molecular formula is C9H12ClF2NO2S. The number of rotatable bonds is 3. The highest BCUT2D eigenvalue weighted by Gasteiger charge is 2.44. The first-order valence-corrected chi connectivity index (χ1v) is 5.69. The summed E-state index contributed by atoms with van der Waals surface area (Å²) in [6, 6.07) is 5.21. The third-order valence-corrected chi connectivity index (χ3v) is 3.81. The van der Waals surface area contributed by atoms with Crippen LogP contribution in [0.5, 0.6) is 0 Å². The lowest BCUT2D eigenvalue weighted by molar-refractivity contribution is 0.102. The van der Waals surface area contributed by atoms with Crippen molar-refractivity contribution < 1.29 is 17.2 Å². The quantitative estimate of drug-likeness (QED) is 0.911. The van der Waals surface area contributed by atoms with E-state index in [0.29, 0.717) is 0 Å². The minimum absolute atomic E-state index is 0. The Labute approximate surface area is 99.0 Å². The molecule has 0 saturated heterocycles. The molecule has 0 spiro atoms. The van der Waals surface area contributed by atoms with Gasteiger partial charge in [0.2, 0.25) is 9.84 Å². The highest BCUT2D eigenvalue weighted by atomic mass is 35.5. The molecule has 3 nitrogen and oxygen atoms in total. The van der Waals surface area contributed by atoms with Gasteiger partial charge >= 0.3 is 5.25 Å². The number of sulfone groups is 1. The summed E-state index contributed by atoms with van der Waals surface area (Å²) in [6.45, 7) is 0.515. The Bertz CT molecular complexity index is 445. The van der Waals surface area contributed by atoms with Gasteiger partial charge in [0.25, 0.3) is 0 Å². The van der Waals surface area contributed by atoms with Crippen molar-refractivity contribution in [3.05, 3.63) is 29.8 Å². The number of nitrogens with two attached hydrogens (primary N) is 1. The molecular weight excluding hydrogens is 260 g/mol. The van der Waals surface area contributed by atoms with Crippen LogP contribution in [0.3, 0.4) is 0 Å². The molecule has 0 unspecified atom stereocenters. The highest BCUT2D eigenvalue weighted by Crippen LogP contribution is 2.27. The molecule has 16 heavy (non-hydrogen) atoms. The standard InChI is InChI=1S/C9H11F2NO2S.ClH/c1-7-2-4-8(5-3-7)15(13,14)9(10,11)6-12;/h2-5H,6,12H2,1H3;1H. The first-order chi connectivity index (χ1) is 6.81. The summed E-state index contributed by atoms with van der Waals surface area (Å²) in [4.78, 5) is -0.413. The summed E-state index contributed by atoms with van der Waals surface area (Å²) < 4.78 is 48.7. The molecule has 0 fully saturated rings. The van der Waals surface area contributed by atoms with Crippen LogP contribution in [0.1, 0.15) is 5.56 Å². The zero-order valence-corrected chi connectivity index (χ0v) is 10.1. The average molecular weight is 272 g/mol. The van der Waals surface area contributed by atoms with Crippen LogP contribution in [0.15, 0.2) is 29.2 Å². The van der Waals surface area contributed by atoms with Crippen molar-refractivity contribution in [1.29, 1.82) is 0 Å². The lowest BCUT2D eigenvalue weighted by atomic mass is 10.2. The van der Waals surface area contributed by atoms with Crippen LogP contribution < -0.4 is 5.73 Å². The lowest BCUT2D eigenvalue weighted by Crippen LogP contribution is -2.36. The van der Waals surface area contributed by atoms with E-state index in [1.54, 1.807) is 6.92 Å². The Hall–Kier alpha value is -0.720. The third kappa shape index (κ3) is 2.69. The average Bonchev–Trinajstić information content (AvgIpc) is 2.18. The largest absolute Gasteiger partial charge is 0.361 e. The van der Waals surface area contributed by atoms with Gasteiger partial charge in [-0.15, -0.1) is 12.4 Å². The Morgan fingerprint density at radius 3 is 2.06 bits per heavy atom. The molecule has 0 bridgehead atoms. The molecule has 1 aromatic carbocycles. The fraction of sp³-hybridized carbons (Fsp3) is 0.333. The number of hydrogen-bond donors (Lipinski definition) is 1. The second-order valence-electron chi connectivity index (χ2n) is 3.16. The molecule has 1 aromatic rings. The summed E-state index contributed by atoms with van der Waals surface area (Å²) in [5.41, 5.74) is 5.53. The van der Waals surface area contributed by atoms with Crippen LogP contribution in [-0.4, -0.2) is 20.2 Å². The van der Waals surface area contributed by atoms with Crippen LogP contribution in [0.4, 0.5) is 8.78 Å². The third-order valence-electron chi connectivity index (χ3n) is 1.96. The van der Waals surface area contributed by atoms with Gasteiger partial charge in [0.15, 0.2) is 0 Å². The Balaban J connectivity index is 0.00000225. The number of alkyl halides is 2. The van der Waals surface area contributed by atoms with E-state index in [1.807, 2.05) is 0 Å². The summed E-state index contributed by atoms with van der Waals surface area (Å²) in [7, 11) is -4.66. The monoisotopic (exact) mass is 271 g/mol. The van der Waals surface area contributed by atoms with Gasteiger partial charge in [-0.05, 0) is 19.1 Å². The van der Waals surface area contributed by atoms with E-state index >= 15 is 0 Å². The number of aryl methyl sites for hydroxylation is 1. The number of hydrogen-bond acceptors (Lipinski definition) is 3. The van der Waals surface area contributed by atoms with Gasteiger partial charge in [0.05, 0.1) is 11.4 Å². The lowest BCUT2D eigenvalue weighted by Gasteiger charge is -2.14. The molecule has 0 radical (unpaired) electrons. The summed E-state index contributed by atoms with van der Waals surface area (Å²) >= 11 is 0. The minimum Gasteiger partial charge on any atom is -0.324 e. The molecule has 1 rings (SSSR count). The SMILES string of the molecule is Cc1ccc(S(=O)(=O)C(F)(F)CN)cc1.Cl. The minimum atomic E-state index is -4.66. The second kappa shape index (κ2) is 5.07. The van der Waals surface area contributed by atoms with E-state index in [2.05, 4.69) is 0 Å². The molecule has 0 amide bonds. The molecule has 92 valence electrons. The fourth-order valence-electron chi connectivity index (χ4n) is 1.000. The van der Waals surface area contributed by atoms with Crippen molar-refractivity contribution in [2.24, 2.45) is 5.73 Å². The second-order valence-corrected chi connectivity index (χ2v) is 5.23. The topological polar surface area (TPSA) is 60.2 Å².